The van der Waals surface area contributed by atoms with Crippen LogP contribution in [0.2, 0.25) is 0 Å². The van der Waals surface area contributed by atoms with Gasteiger partial charge in [-0.25, -0.2) is 0 Å². The number of hydrogen-bond acceptors (Lipinski definition) is 5. The second kappa shape index (κ2) is 6.24. The number of benzene rings is 1. The predicted molar refractivity (Wildman–Crippen MR) is 88.1 cm³/mol. The van der Waals surface area contributed by atoms with Gasteiger partial charge in [0.1, 0.15) is 5.58 Å². The van der Waals surface area contributed by atoms with E-state index in [9.17, 15) is 14.8 Å². The lowest BCUT2D eigenvalue weighted by atomic mass is 9.73. The van der Waals surface area contributed by atoms with Gasteiger partial charge in [-0.2, -0.15) is 0 Å². The molecule has 0 aliphatic carbocycles. The Hall–Kier alpha value is -1.83. The lowest BCUT2D eigenvalue weighted by Crippen LogP contribution is -2.54. The summed E-state index contributed by atoms with van der Waals surface area (Å²) >= 11 is 0. The summed E-state index contributed by atoms with van der Waals surface area (Å²) in [6.45, 7) is 0. The van der Waals surface area contributed by atoms with Crippen LogP contribution in [-0.2, 0) is 16.0 Å². The Labute approximate surface area is 140 Å². The Bertz CT molecular complexity index is 733. The van der Waals surface area contributed by atoms with Crippen molar-refractivity contribution < 1.29 is 24.0 Å². The highest BCUT2D eigenvalue weighted by atomic mass is 16.5. The largest absolute Gasteiger partial charge is 0.476 e. The average molecular weight is 329 g/mol. The number of rotatable bonds is 6. The van der Waals surface area contributed by atoms with E-state index in [1.165, 1.54) is 4.90 Å². The first-order valence-corrected chi connectivity index (χ1v) is 8.37. The standard InChI is InChI=1S/C17H20BNO5/c20-10-19(14-8-12-5-6-16(14)24-12)17(18(21)22)7-11-9-23-15-4-2-1-3-13(11)15/h1-4,9-10,12,14,16-17,21-22H,5-8H2/t12-,14-,16+,17-/m0/s1. The first-order chi connectivity index (χ1) is 11.7. The minimum atomic E-state index is -1.62. The van der Waals surface area contributed by atoms with Gasteiger partial charge < -0.3 is 24.1 Å². The molecule has 7 heteroatoms. The lowest BCUT2D eigenvalue weighted by Gasteiger charge is -2.35. The van der Waals surface area contributed by atoms with Crippen LogP contribution in [0.25, 0.3) is 11.0 Å². The zero-order valence-corrected chi connectivity index (χ0v) is 13.2. The molecule has 2 aliphatic heterocycles. The summed E-state index contributed by atoms with van der Waals surface area (Å²) in [4.78, 5) is 13.3. The number of carbonyl (C=O) groups excluding carboxylic acids is 1. The fourth-order valence-corrected chi connectivity index (χ4v) is 4.11. The molecule has 0 saturated carbocycles. The van der Waals surface area contributed by atoms with Gasteiger partial charge in [0.2, 0.25) is 6.41 Å². The number of hydrogen-bond donors (Lipinski definition) is 2. The summed E-state index contributed by atoms with van der Waals surface area (Å²) in [6.07, 6.45) is 5.56. The summed E-state index contributed by atoms with van der Waals surface area (Å²) in [5.41, 5.74) is 1.61. The van der Waals surface area contributed by atoms with Gasteiger partial charge in [0.15, 0.2) is 0 Å². The van der Waals surface area contributed by atoms with Crippen molar-refractivity contribution in [2.75, 3.05) is 0 Å². The molecule has 0 unspecified atom stereocenters. The quantitative estimate of drug-likeness (QED) is 0.613. The third kappa shape index (κ3) is 2.62. The van der Waals surface area contributed by atoms with Gasteiger partial charge in [-0.15, -0.1) is 0 Å². The van der Waals surface area contributed by atoms with Crippen molar-refractivity contribution in [1.29, 1.82) is 0 Å². The van der Waals surface area contributed by atoms with Gasteiger partial charge in [0.05, 0.1) is 30.5 Å². The van der Waals surface area contributed by atoms with Crippen LogP contribution in [0, 0.1) is 0 Å². The van der Waals surface area contributed by atoms with E-state index >= 15 is 0 Å². The summed E-state index contributed by atoms with van der Waals surface area (Å²) in [6, 6.07) is 7.50. The summed E-state index contributed by atoms with van der Waals surface area (Å²) in [5, 5.41) is 20.7. The highest BCUT2D eigenvalue weighted by Gasteiger charge is 2.46. The highest BCUT2D eigenvalue weighted by Crippen LogP contribution is 2.38. The number of ether oxygens (including phenoxy) is 1. The molecule has 6 nitrogen and oxygen atoms in total. The molecule has 4 rings (SSSR count). The Morgan fingerprint density at radius 2 is 2.17 bits per heavy atom. The maximum absolute atomic E-state index is 11.7. The summed E-state index contributed by atoms with van der Waals surface area (Å²) in [7, 11) is -1.62. The summed E-state index contributed by atoms with van der Waals surface area (Å²) < 4.78 is 11.3. The van der Waals surface area contributed by atoms with E-state index < -0.39 is 13.1 Å². The number of carbonyl (C=O) groups is 1. The fourth-order valence-electron chi connectivity index (χ4n) is 4.11. The smallest absolute Gasteiger partial charge is 0.464 e. The Morgan fingerprint density at radius 3 is 2.83 bits per heavy atom. The van der Waals surface area contributed by atoms with Crippen LogP contribution >= 0.6 is 0 Å². The van der Waals surface area contributed by atoms with Crippen molar-refractivity contribution in [2.45, 2.75) is 49.9 Å². The normalized spacial score (nSPS) is 26.7. The van der Waals surface area contributed by atoms with Crippen LogP contribution in [0.5, 0.6) is 0 Å². The third-order valence-electron chi connectivity index (χ3n) is 5.30. The van der Waals surface area contributed by atoms with E-state index in [4.69, 9.17) is 9.15 Å². The Kier molecular flexibility index (Phi) is 4.08. The lowest BCUT2D eigenvalue weighted by molar-refractivity contribution is -0.122. The van der Waals surface area contributed by atoms with Gasteiger partial charge in [0, 0.05) is 5.39 Å². The molecule has 2 aromatic rings. The van der Waals surface area contributed by atoms with Crippen LogP contribution < -0.4 is 0 Å². The molecular weight excluding hydrogens is 309 g/mol. The molecule has 0 radical (unpaired) electrons. The molecule has 24 heavy (non-hydrogen) atoms. The molecule has 2 fully saturated rings. The SMILES string of the molecule is O=CN([C@@H](Cc1coc2ccccc12)B(O)O)[C@H]1C[C@@H]2CC[C@H]1O2. The monoisotopic (exact) mass is 329 g/mol. The van der Waals surface area contributed by atoms with Crippen molar-refractivity contribution in [1.82, 2.24) is 4.90 Å². The van der Waals surface area contributed by atoms with Gasteiger partial charge in [0.25, 0.3) is 0 Å². The molecule has 4 atom stereocenters. The predicted octanol–water partition coefficient (Wildman–Crippen LogP) is 1.13. The molecule has 1 aromatic carbocycles. The first-order valence-electron chi connectivity index (χ1n) is 8.37. The molecule has 2 saturated heterocycles. The maximum atomic E-state index is 11.7. The van der Waals surface area contributed by atoms with E-state index in [0.29, 0.717) is 6.42 Å². The molecular formula is C17H20BNO5. The van der Waals surface area contributed by atoms with Crippen LogP contribution in [0.3, 0.4) is 0 Å². The van der Waals surface area contributed by atoms with Gasteiger partial charge in [-0.1, -0.05) is 18.2 Å². The zero-order valence-electron chi connectivity index (χ0n) is 13.2. The van der Waals surface area contributed by atoms with Crippen LogP contribution in [0.4, 0.5) is 0 Å². The number of nitrogens with zero attached hydrogens (tertiary/aromatic N) is 1. The van der Waals surface area contributed by atoms with E-state index in [0.717, 1.165) is 42.2 Å². The fraction of sp³-hybridized carbons (Fsp3) is 0.471. The minimum Gasteiger partial charge on any atom is -0.464 e. The molecule has 1 aromatic heterocycles. The topological polar surface area (TPSA) is 83.1 Å². The zero-order chi connectivity index (χ0) is 16.7. The van der Waals surface area contributed by atoms with Crippen LogP contribution in [-0.4, -0.2) is 52.7 Å². The molecule has 126 valence electrons. The summed E-state index contributed by atoms with van der Waals surface area (Å²) in [5.74, 6) is -0.726. The molecule has 3 heterocycles. The molecule has 2 N–H and O–H groups in total. The van der Waals surface area contributed by atoms with E-state index in [1.807, 2.05) is 24.3 Å². The van der Waals surface area contributed by atoms with Gasteiger partial charge >= 0.3 is 7.12 Å². The molecule has 1 amide bonds. The van der Waals surface area contributed by atoms with Crippen LogP contribution in [0.1, 0.15) is 24.8 Å². The molecule has 0 spiro atoms. The van der Waals surface area contributed by atoms with Crippen molar-refractivity contribution >= 4 is 24.5 Å². The van der Waals surface area contributed by atoms with Gasteiger partial charge in [-0.3, -0.25) is 4.79 Å². The Morgan fingerprint density at radius 1 is 1.33 bits per heavy atom. The second-order valence-electron chi connectivity index (χ2n) is 6.67. The third-order valence-corrected chi connectivity index (χ3v) is 5.30. The van der Waals surface area contributed by atoms with E-state index in [1.54, 1.807) is 6.26 Å². The number of para-hydroxylation sites is 1. The van der Waals surface area contributed by atoms with Crippen molar-refractivity contribution in [3.05, 3.63) is 36.1 Å². The van der Waals surface area contributed by atoms with E-state index in [2.05, 4.69) is 0 Å². The highest BCUT2D eigenvalue weighted by molar-refractivity contribution is 6.43. The Balaban J connectivity index is 1.60. The van der Waals surface area contributed by atoms with Crippen molar-refractivity contribution in [3.8, 4) is 0 Å². The van der Waals surface area contributed by atoms with Crippen molar-refractivity contribution in [3.63, 3.8) is 0 Å². The van der Waals surface area contributed by atoms with Gasteiger partial charge in [-0.05, 0) is 37.3 Å². The molecule has 2 aliphatic rings. The number of furan rings is 1. The minimum absolute atomic E-state index is 0.00236. The van der Waals surface area contributed by atoms with Crippen molar-refractivity contribution in [2.24, 2.45) is 0 Å². The first kappa shape index (κ1) is 15.7. The number of fused-ring (bicyclic) bond motifs is 3. The molecule has 2 bridgehead atoms. The van der Waals surface area contributed by atoms with E-state index in [-0.39, 0.29) is 18.2 Å². The maximum Gasteiger partial charge on any atom is 0.476 e. The second-order valence-corrected chi connectivity index (χ2v) is 6.67. The average Bonchev–Trinajstić information content (AvgIpc) is 3.30. The number of amides is 1. The van der Waals surface area contributed by atoms with Crippen LogP contribution in [0.15, 0.2) is 34.9 Å².